The Morgan fingerprint density at radius 3 is 1.39 bits per heavy atom. The Kier molecular flexibility index (Phi) is 7.01. The van der Waals surface area contributed by atoms with Crippen molar-refractivity contribution in [2.24, 2.45) is 5.92 Å². The second-order valence-corrected chi connectivity index (χ2v) is 13.6. The molecule has 0 aromatic heterocycles. The van der Waals surface area contributed by atoms with Crippen molar-refractivity contribution >= 4 is 23.9 Å². The summed E-state index contributed by atoms with van der Waals surface area (Å²) in [6.45, 7) is 4.18. The van der Waals surface area contributed by atoms with E-state index in [0.29, 0.717) is 0 Å². The maximum absolute atomic E-state index is 10.8. The summed E-state index contributed by atoms with van der Waals surface area (Å²) in [5.74, 6) is 0.175. The van der Waals surface area contributed by atoms with Crippen LogP contribution in [0.3, 0.4) is 0 Å². The topological polar surface area (TPSA) is 58.9 Å². The SMILES string of the molecule is CC(C)C[O][Ti]([OH])([OH])[O][Si](c1ccccc1)(c1ccccc1)c1ccccc1. The van der Waals surface area contributed by atoms with Crippen LogP contribution in [0.15, 0.2) is 91.0 Å². The van der Waals surface area contributed by atoms with Gasteiger partial charge in [-0.3, -0.25) is 0 Å². The monoisotopic (exact) mass is 430 g/mol. The first kappa shape index (κ1) is 21.1. The Morgan fingerprint density at radius 1 is 0.714 bits per heavy atom. The van der Waals surface area contributed by atoms with Crippen molar-refractivity contribution in [3.8, 4) is 0 Å². The molecule has 0 radical (unpaired) electrons. The first-order chi connectivity index (χ1) is 13.4. The van der Waals surface area contributed by atoms with E-state index in [1.807, 2.05) is 105 Å². The molecule has 146 valence electrons. The van der Waals surface area contributed by atoms with E-state index in [4.69, 9.17) is 6.33 Å². The molecule has 0 unspecified atom stereocenters. The summed E-state index contributed by atoms with van der Waals surface area (Å²) in [5.41, 5.74) is 0. The third-order valence-electron chi connectivity index (χ3n) is 4.43. The van der Waals surface area contributed by atoms with Crippen molar-refractivity contribution in [2.45, 2.75) is 13.8 Å². The van der Waals surface area contributed by atoms with Crippen molar-refractivity contribution in [1.29, 1.82) is 0 Å². The molecule has 6 heteroatoms. The molecule has 0 aliphatic carbocycles. The second-order valence-electron chi connectivity index (χ2n) is 7.13. The molecule has 0 amide bonds. The van der Waals surface area contributed by atoms with Crippen LogP contribution < -0.4 is 15.6 Å². The van der Waals surface area contributed by atoms with Gasteiger partial charge in [0.15, 0.2) is 0 Å². The summed E-state index contributed by atoms with van der Waals surface area (Å²) < 4.78 is 33.5. The predicted molar refractivity (Wildman–Crippen MR) is 110 cm³/mol. The van der Waals surface area contributed by atoms with Gasteiger partial charge in [0.1, 0.15) is 0 Å². The Hall–Kier alpha value is -1.57. The third-order valence-corrected chi connectivity index (χ3v) is 12.0. The average molecular weight is 430 g/mol. The van der Waals surface area contributed by atoms with E-state index in [-0.39, 0.29) is 12.5 Å². The van der Waals surface area contributed by atoms with Gasteiger partial charge in [-0.15, -0.1) is 0 Å². The van der Waals surface area contributed by atoms with Crippen LogP contribution in [0.1, 0.15) is 13.8 Å². The molecule has 0 aliphatic rings. The Bertz CT molecular complexity index is 761. The van der Waals surface area contributed by atoms with Crippen LogP contribution in [0.2, 0.25) is 0 Å². The molecule has 0 aliphatic heterocycles. The van der Waals surface area contributed by atoms with Crippen LogP contribution in [0, 0.1) is 5.92 Å². The number of rotatable bonds is 8. The van der Waals surface area contributed by atoms with Gasteiger partial charge in [-0.2, -0.15) is 0 Å². The molecule has 28 heavy (non-hydrogen) atoms. The van der Waals surface area contributed by atoms with Crippen LogP contribution in [0.4, 0.5) is 0 Å². The summed E-state index contributed by atoms with van der Waals surface area (Å²) in [6.07, 6.45) is 0. The molecule has 4 nitrogen and oxygen atoms in total. The molecule has 3 aromatic carbocycles. The van der Waals surface area contributed by atoms with Gasteiger partial charge in [-0.05, 0) is 0 Å². The molecule has 0 atom stereocenters. The number of benzene rings is 3. The van der Waals surface area contributed by atoms with Crippen LogP contribution in [0.25, 0.3) is 0 Å². The molecule has 3 rings (SSSR count). The molecule has 2 N–H and O–H groups in total. The number of hydrogen-bond acceptors (Lipinski definition) is 4. The summed E-state index contributed by atoms with van der Waals surface area (Å²) >= 11 is -4.98. The molecule has 0 saturated carbocycles. The fraction of sp³-hybridized carbons (Fsp3) is 0.182. The predicted octanol–water partition coefficient (Wildman–Crippen LogP) is 2.14. The quantitative estimate of drug-likeness (QED) is 0.425. The van der Waals surface area contributed by atoms with Crippen molar-refractivity contribution in [3.63, 3.8) is 0 Å². The third kappa shape index (κ3) is 4.88. The first-order valence-corrected chi connectivity index (χ1v) is 14.0. The van der Waals surface area contributed by atoms with Gasteiger partial charge >= 0.3 is 173 Å². The molecule has 0 bridgehead atoms. The van der Waals surface area contributed by atoms with Gasteiger partial charge < -0.3 is 0 Å². The van der Waals surface area contributed by atoms with Crippen molar-refractivity contribution in [3.05, 3.63) is 91.0 Å². The summed E-state index contributed by atoms with van der Waals surface area (Å²) in [4.78, 5) is 0. The van der Waals surface area contributed by atoms with Gasteiger partial charge in [0.2, 0.25) is 0 Å². The van der Waals surface area contributed by atoms with E-state index in [0.717, 1.165) is 15.6 Å². The van der Waals surface area contributed by atoms with E-state index >= 15 is 0 Å². The first-order valence-electron chi connectivity index (χ1n) is 9.39. The molecule has 0 spiro atoms. The Morgan fingerprint density at radius 2 is 1.07 bits per heavy atom. The van der Waals surface area contributed by atoms with Crippen LogP contribution in [-0.4, -0.2) is 22.3 Å². The molecule has 0 fully saturated rings. The van der Waals surface area contributed by atoms with Crippen molar-refractivity contribution in [2.75, 3.05) is 6.61 Å². The normalized spacial score (nSPS) is 12.3. The van der Waals surface area contributed by atoms with E-state index in [1.165, 1.54) is 0 Å². The van der Waals surface area contributed by atoms with E-state index < -0.39 is 26.5 Å². The fourth-order valence-corrected chi connectivity index (χ4v) is 11.7. The maximum atomic E-state index is 10.8. The minimum atomic E-state index is -4.98. The van der Waals surface area contributed by atoms with Crippen molar-refractivity contribution in [1.82, 2.24) is 0 Å². The minimum absolute atomic E-state index is 0.175. The van der Waals surface area contributed by atoms with Crippen molar-refractivity contribution < 1.29 is 31.8 Å². The Balaban J connectivity index is 2.19. The zero-order valence-electron chi connectivity index (χ0n) is 16.2. The van der Waals surface area contributed by atoms with E-state index in [1.54, 1.807) is 0 Å². The molecule has 3 aromatic rings. The van der Waals surface area contributed by atoms with Gasteiger partial charge in [0.05, 0.1) is 0 Å². The van der Waals surface area contributed by atoms with E-state index in [2.05, 4.69) is 0 Å². The zero-order valence-corrected chi connectivity index (χ0v) is 18.7. The number of hydrogen-bond donors (Lipinski definition) is 2. The standard InChI is InChI=1S/C18H15OSi.C4H9O.2H2O.Ti/c19-20(16-10-4-1-5-11-16,17-12-6-2-7-13-17)18-14-8-3-9-15-18;1-4(2)3-5;;;/h1-15H;4H,3H2,1-2H3;2*1H2;/q2*-1;;;+4/p-2. The fourth-order valence-electron chi connectivity index (χ4n) is 3.20. The van der Waals surface area contributed by atoms with E-state index in [9.17, 15) is 7.38 Å². The average Bonchev–Trinajstić information content (AvgIpc) is 2.73. The van der Waals surface area contributed by atoms with Crippen LogP contribution in [0.5, 0.6) is 0 Å². The zero-order chi connectivity index (χ0) is 20.0. The molecular weight excluding hydrogens is 404 g/mol. The van der Waals surface area contributed by atoms with Crippen LogP contribution >= 0.6 is 0 Å². The summed E-state index contributed by atoms with van der Waals surface area (Å²) in [7, 11) is -3.17. The second kappa shape index (κ2) is 9.29. The Labute approximate surface area is 172 Å². The summed E-state index contributed by atoms with van der Waals surface area (Å²) in [5, 5.41) is 2.83. The molecule has 0 heterocycles. The van der Waals surface area contributed by atoms with Gasteiger partial charge in [0, 0.05) is 0 Å². The van der Waals surface area contributed by atoms with Gasteiger partial charge in [-0.25, -0.2) is 0 Å². The molecule has 0 saturated heterocycles. The molecular formula is C22H26O4SiTi. The van der Waals surface area contributed by atoms with Gasteiger partial charge in [-0.1, -0.05) is 0 Å². The van der Waals surface area contributed by atoms with Crippen LogP contribution in [-0.2, 0) is 24.5 Å². The summed E-state index contributed by atoms with van der Waals surface area (Å²) in [6, 6.07) is 29.5. The van der Waals surface area contributed by atoms with Gasteiger partial charge in [0.25, 0.3) is 0 Å².